The first-order chi connectivity index (χ1) is 11.2. The summed E-state index contributed by atoms with van der Waals surface area (Å²) in [5.74, 6) is 0. The Balaban J connectivity index is 1.36. The van der Waals surface area contributed by atoms with Crippen molar-refractivity contribution in [3.8, 4) is 0 Å². The van der Waals surface area contributed by atoms with Gasteiger partial charge in [0.25, 0.3) is 0 Å². The number of benzene rings is 1. The van der Waals surface area contributed by atoms with Crippen molar-refractivity contribution in [2.75, 3.05) is 5.32 Å². The maximum atomic E-state index is 6.19. The van der Waals surface area contributed by atoms with Crippen molar-refractivity contribution in [1.82, 2.24) is 10.2 Å². The molecule has 5 heteroatoms. The van der Waals surface area contributed by atoms with Crippen LogP contribution in [0.2, 0.25) is 5.02 Å². The van der Waals surface area contributed by atoms with E-state index < -0.39 is 0 Å². The fraction of sp³-hybridized carbons (Fsp3) is 0.611. The molecule has 3 nitrogen and oxygen atoms in total. The Bertz CT molecular complexity index is 575. The number of fused-ring (bicyclic) bond motifs is 2. The number of piperidine rings is 2. The van der Waals surface area contributed by atoms with E-state index in [0.29, 0.717) is 16.2 Å². The molecule has 1 saturated carbocycles. The van der Waals surface area contributed by atoms with E-state index in [-0.39, 0.29) is 0 Å². The summed E-state index contributed by atoms with van der Waals surface area (Å²) in [5.41, 5.74) is 0.877. The van der Waals surface area contributed by atoms with Crippen LogP contribution in [0, 0.1) is 0 Å². The van der Waals surface area contributed by atoms with Gasteiger partial charge < -0.3 is 10.6 Å². The van der Waals surface area contributed by atoms with Gasteiger partial charge in [-0.15, -0.1) is 0 Å². The molecule has 124 valence electrons. The zero-order chi connectivity index (χ0) is 15.8. The molecule has 1 unspecified atom stereocenters. The lowest BCUT2D eigenvalue weighted by molar-refractivity contribution is 0.0209. The smallest absolute Gasteiger partial charge is 0.171 e. The lowest BCUT2D eigenvalue weighted by Crippen LogP contribution is -2.57. The highest BCUT2D eigenvalue weighted by Gasteiger charge is 2.44. The summed E-state index contributed by atoms with van der Waals surface area (Å²) in [6, 6.07) is 10.6. The maximum Gasteiger partial charge on any atom is 0.171 e. The first kappa shape index (κ1) is 15.7. The summed E-state index contributed by atoms with van der Waals surface area (Å²) < 4.78 is 0. The number of thiocarbonyl (C=S) groups is 1. The number of halogens is 1. The summed E-state index contributed by atoms with van der Waals surface area (Å²) in [7, 11) is 0. The fourth-order valence-corrected chi connectivity index (χ4v) is 4.87. The average Bonchev–Trinajstić information content (AvgIpc) is 3.33. The first-order valence-corrected chi connectivity index (χ1v) is 9.59. The molecular weight excluding hydrogens is 326 g/mol. The average molecular weight is 350 g/mol. The molecule has 0 radical (unpaired) electrons. The number of nitrogens with zero attached hydrogens (tertiary/aromatic N) is 1. The molecule has 2 N–H and O–H groups in total. The quantitative estimate of drug-likeness (QED) is 0.801. The molecule has 1 aliphatic carbocycles. The van der Waals surface area contributed by atoms with Crippen LogP contribution in [0.5, 0.6) is 0 Å². The summed E-state index contributed by atoms with van der Waals surface area (Å²) in [4.78, 5) is 2.84. The molecule has 4 rings (SSSR count). The van der Waals surface area contributed by atoms with E-state index in [2.05, 4.69) is 15.5 Å². The second kappa shape index (κ2) is 6.58. The summed E-state index contributed by atoms with van der Waals surface area (Å²) in [6.07, 6.45) is 9.38. The topological polar surface area (TPSA) is 27.3 Å². The van der Waals surface area contributed by atoms with Crippen molar-refractivity contribution in [2.45, 2.75) is 69.1 Å². The van der Waals surface area contributed by atoms with Gasteiger partial charge in [0.15, 0.2) is 5.11 Å². The Morgan fingerprint density at radius 2 is 1.74 bits per heavy atom. The number of rotatable bonds is 3. The number of hydrogen-bond donors (Lipinski definition) is 2. The van der Waals surface area contributed by atoms with Gasteiger partial charge in [-0.05, 0) is 62.9 Å². The molecule has 0 amide bonds. The van der Waals surface area contributed by atoms with Gasteiger partial charge in [0, 0.05) is 24.2 Å². The second-order valence-corrected chi connectivity index (χ2v) is 7.98. The monoisotopic (exact) mass is 349 g/mol. The highest BCUT2D eigenvalue weighted by Crippen LogP contribution is 2.41. The zero-order valence-electron chi connectivity index (χ0n) is 13.3. The minimum absolute atomic E-state index is 0.489. The lowest BCUT2D eigenvalue weighted by atomic mass is 9.81. The van der Waals surface area contributed by atoms with Crippen LogP contribution >= 0.6 is 23.8 Å². The largest absolute Gasteiger partial charge is 0.360 e. The van der Waals surface area contributed by atoms with E-state index in [1.54, 1.807) is 0 Å². The minimum Gasteiger partial charge on any atom is -0.360 e. The first-order valence-electron chi connectivity index (χ1n) is 8.80. The third-order valence-corrected chi connectivity index (χ3v) is 6.01. The van der Waals surface area contributed by atoms with Crippen LogP contribution in [-0.4, -0.2) is 34.2 Å². The molecule has 2 aliphatic heterocycles. The van der Waals surface area contributed by atoms with Gasteiger partial charge >= 0.3 is 0 Å². The van der Waals surface area contributed by atoms with E-state index in [0.717, 1.165) is 23.8 Å². The molecule has 0 aromatic heterocycles. The Labute approximate surface area is 148 Å². The molecule has 3 aliphatic rings. The van der Waals surface area contributed by atoms with Gasteiger partial charge in [-0.1, -0.05) is 30.2 Å². The fourth-order valence-electron chi connectivity index (χ4n) is 4.41. The molecule has 2 saturated heterocycles. The van der Waals surface area contributed by atoms with E-state index in [1.165, 1.54) is 44.9 Å². The van der Waals surface area contributed by atoms with Crippen molar-refractivity contribution in [3.63, 3.8) is 0 Å². The molecule has 2 heterocycles. The van der Waals surface area contributed by atoms with Crippen molar-refractivity contribution in [1.29, 1.82) is 0 Å². The number of nitrogens with one attached hydrogen (secondary N) is 2. The molecule has 3 atom stereocenters. The van der Waals surface area contributed by atoms with Crippen LogP contribution in [-0.2, 0) is 0 Å². The zero-order valence-corrected chi connectivity index (χ0v) is 14.9. The molecule has 1 aromatic carbocycles. The van der Waals surface area contributed by atoms with Crippen LogP contribution in [0.25, 0.3) is 0 Å². The SMILES string of the molecule is S=C(Nc1ccccc1Cl)NC1C[C@H]2CCC[C@@H](C1)N2C1CC1. The third kappa shape index (κ3) is 3.49. The maximum absolute atomic E-state index is 6.19. The van der Waals surface area contributed by atoms with Crippen LogP contribution in [0.15, 0.2) is 24.3 Å². The second-order valence-electron chi connectivity index (χ2n) is 7.16. The molecule has 0 spiro atoms. The van der Waals surface area contributed by atoms with E-state index >= 15 is 0 Å². The Kier molecular flexibility index (Phi) is 4.48. The normalized spacial score (nSPS) is 30.7. The highest BCUT2D eigenvalue weighted by atomic mass is 35.5. The summed E-state index contributed by atoms with van der Waals surface area (Å²) >= 11 is 11.7. The molecular formula is C18H24ClN3S. The van der Waals surface area contributed by atoms with Gasteiger partial charge in [0.2, 0.25) is 0 Å². The summed E-state index contributed by atoms with van der Waals surface area (Å²) in [6.45, 7) is 0. The van der Waals surface area contributed by atoms with E-state index in [1.807, 2.05) is 24.3 Å². The number of hydrogen-bond acceptors (Lipinski definition) is 2. The number of para-hydroxylation sites is 1. The van der Waals surface area contributed by atoms with Crippen molar-refractivity contribution in [3.05, 3.63) is 29.3 Å². The van der Waals surface area contributed by atoms with Gasteiger partial charge in [0.05, 0.1) is 10.7 Å². The van der Waals surface area contributed by atoms with Crippen molar-refractivity contribution in [2.24, 2.45) is 0 Å². The Morgan fingerprint density at radius 3 is 2.39 bits per heavy atom. The van der Waals surface area contributed by atoms with Gasteiger partial charge in [0.1, 0.15) is 0 Å². The van der Waals surface area contributed by atoms with E-state index in [4.69, 9.17) is 23.8 Å². The van der Waals surface area contributed by atoms with Crippen LogP contribution in [0.3, 0.4) is 0 Å². The van der Waals surface area contributed by atoms with Gasteiger partial charge in [-0.25, -0.2) is 0 Å². The molecule has 23 heavy (non-hydrogen) atoms. The predicted molar refractivity (Wildman–Crippen MR) is 100 cm³/mol. The Morgan fingerprint density at radius 1 is 1.04 bits per heavy atom. The van der Waals surface area contributed by atoms with Crippen molar-refractivity contribution < 1.29 is 0 Å². The standard InChI is InChI=1S/C18H24ClN3S/c19-16-6-1-2-7-17(16)21-18(23)20-12-10-14-4-3-5-15(11-12)22(14)13-8-9-13/h1-2,6-7,12-15H,3-5,8-11H2,(H2,20,21,23)/t12?,14-,15+. The van der Waals surface area contributed by atoms with Crippen molar-refractivity contribution >= 4 is 34.6 Å². The molecule has 2 bridgehead atoms. The minimum atomic E-state index is 0.489. The lowest BCUT2D eigenvalue weighted by Gasteiger charge is -2.49. The Hall–Kier alpha value is -0.840. The number of anilines is 1. The van der Waals surface area contributed by atoms with Gasteiger partial charge in [-0.3, -0.25) is 4.90 Å². The predicted octanol–water partition coefficient (Wildman–Crippen LogP) is 4.17. The van der Waals surface area contributed by atoms with E-state index in [9.17, 15) is 0 Å². The van der Waals surface area contributed by atoms with Gasteiger partial charge in [-0.2, -0.15) is 0 Å². The van der Waals surface area contributed by atoms with Crippen LogP contribution in [0.1, 0.15) is 44.9 Å². The van der Waals surface area contributed by atoms with Crippen LogP contribution in [0.4, 0.5) is 5.69 Å². The summed E-state index contributed by atoms with van der Waals surface area (Å²) in [5, 5.41) is 8.18. The van der Waals surface area contributed by atoms with Crippen LogP contribution < -0.4 is 10.6 Å². The molecule has 1 aromatic rings. The highest BCUT2D eigenvalue weighted by molar-refractivity contribution is 7.80. The third-order valence-electron chi connectivity index (χ3n) is 5.46. The molecule has 3 fully saturated rings.